The molecule has 2 heterocycles. The molecular weight excluding hydrogens is 300 g/mol. The lowest BCUT2D eigenvalue weighted by molar-refractivity contribution is 0.676. The average Bonchev–Trinajstić information content (AvgIpc) is 3.06. The monoisotopic (exact) mass is 324 g/mol. The number of nitrogens with one attached hydrogen (secondary N) is 1. The van der Waals surface area contributed by atoms with Crippen LogP contribution in [-0.4, -0.2) is 23.6 Å². The first-order chi connectivity index (χ1) is 10.2. The van der Waals surface area contributed by atoms with Crippen LogP contribution in [0.3, 0.4) is 0 Å². The molecule has 0 atom stereocenters. The van der Waals surface area contributed by atoms with Crippen LogP contribution in [0.15, 0.2) is 5.51 Å². The summed E-state index contributed by atoms with van der Waals surface area (Å²) in [6.07, 6.45) is 2.16. The van der Waals surface area contributed by atoms with Gasteiger partial charge >= 0.3 is 0 Å². The SMILES string of the molecule is CCCNCc1sc(N(C)Cc2scnc2C)nc1CC. The molecule has 0 radical (unpaired) electrons. The lowest BCUT2D eigenvalue weighted by Gasteiger charge is -2.14. The van der Waals surface area contributed by atoms with E-state index in [1.807, 2.05) is 5.51 Å². The van der Waals surface area contributed by atoms with Gasteiger partial charge in [-0.25, -0.2) is 9.97 Å². The summed E-state index contributed by atoms with van der Waals surface area (Å²) in [7, 11) is 2.11. The Morgan fingerprint density at radius 2 is 2.10 bits per heavy atom. The van der Waals surface area contributed by atoms with Gasteiger partial charge in [0.15, 0.2) is 5.13 Å². The maximum Gasteiger partial charge on any atom is 0.185 e. The third-order valence-electron chi connectivity index (χ3n) is 3.37. The van der Waals surface area contributed by atoms with Gasteiger partial charge in [0.1, 0.15) is 0 Å². The third kappa shape index (κ3) is 4.25. The molecule has 0 amide bonds. The van der Waals surface area contributed by atoms with Gasteiger partial charge in [-0.05, 0) is 26.3 Å². The van der Waals surface area contributed by atoms with Gasteiger partial charge in [-0.3, -0.25) is 0 Å². The van der Waals surface area contributed by atoms with Crippen LogP contribution in [0.4, 0.5) is 5.13 Å². The van der Waals surface area contributed by atoms with E-state index in [0.29, 0.717) is 0 Å². The Labute approximate surface area is 135 Å². The molecular formula is C15H24N4S2. The van der Waals surface area contributed by atoms with E-state index in [1.54, 1.807) is 22.7 Å². The lowest BCUT2D eigenvalue weighted by Crippen LogP contribution is -2.16. The summed E-state index contributed by atoms with van der Waals surface area (Å²) in [5.41, 5.74) is 4.27. The standard InChI is InChI=1S/C15H24N4S2/c1-5-7-16-8-13-12(6-2)18-15(21-13)19(4)9-14-11(3)17-10-20-14/h10,16H,5-9H2,1-4H3. The fraction of sp³-hybridized carbons (Fsp3) is 0.600. The molecule has 2 rings (SSSR count). The van der Waals surface area contributed by atoms with Gasteiger partial charge in [-0.2, -0.15) is 0 Å². The maximum atomic E-state index is 4.81. The van der Waals surface area contributed by atoms with Crippen molar-refractivity contribution in [3.8, 4) is 0 Å². The van der Waals surface area contributed by atoms with E-state index in [1.165, 1.54) is 15.4 Å². The summed E-state index contributed by atoms with van der Waals surface area (Å²) in [6, 6.07) is 0. The second-order valence-electron chi connectivity index (χ2n) is 5.11. The fourth-order valence-corrected chi connectivity index (χ4v) is 4.00. The number of aryl methyl sites for hydroxylation is 2. The molecule has 21 heavy (non-hydrogen) atoms. The van der Waals surface area contributed by atoms with E-state index in [4.69, 9.17) is 4.98 Å². The summed E-state index contributed by atoms with van der Waals surface area (Å²) in [5, 5.41) is 4.58. The van der Waals surface area contributed by atoms with Crippen LogP contribution < -0.4 is 10.2 Å². The van der Waals surface area contributed by atoms with Gasteiger partial charge in [0, 0.05) is 23.3 Å². The molecule has 0 aliphatic carbocycles. The van der Waals surface area contributed by atoms with Crippen molar-refractivity contribution in [3.05, 3.63) is 26.7 Å². The summed E-state index contributed by atoms with van der Waals surface area (Å²) in [5.74, 6) is 0. The first-order valence-corrected chi connectivity index (χ1v) is 9.14. The zero-order valence-corrected chi connectivity index (χ0v) is 14.9. The van der Waals surface area contributed by atoms with E-state index < -0.39 is 0 Å². The van der Waals surface area contributed by atoms with E-state index in [-0.39, 0.29) is 0 Å². The molecule has 0 unspecified atom stereocenters. The molecule has 116 valence electrons. The quantitative estimate of drug-likeness (QED) is 0.753. The van der Waals surface area contributed by atoms with Gasteiger partial charge in [-0.15, -0.1) is 22.7 Å². The normalized spacial score (nSPS) is 11.0. The highest BCUT2D eigenvalue weighted by Gasteiger charge is 2.14. The van der Waals surface area contributed by atoms with Crippen LogP contribution in [0.1, 0.15) is 41.4 Å². The van der Waals surface area contributed by atoms with E-state index >= 15 is 0 Å². The van der Waals surface area contributed by atoms with Gasteiger partial charge in [0.25, 0.3) is 0 Å². The highest BCUT2D eigenvalue weighted by atomic mass is 32.1. The molecule has 0 aliphatic heterocycles. The minimum absolute atomic E-state index is 0.884. The van der Waals surface area contributed by atoms with Gasteiger partial charge in [0.05, 0.1) is 23.4 Å². The number of hydrogen-bond donors (Lipinski definition) is 1. The van der Waals surface area contributed by atoms with E-state index in [0.717, 1.165) is 43.3 Å². The van der Waals surface area contributed by atoms with Crippen molar-refractivity contribution in [1.29, 1.82) is 0 Å². The fourth-order valence-electron chi connectivity index (χ4n) is 2.09. The second kappa shape index (κ2) is 7.87. The van der Waals surface area contributed by atoms with Crippen LogP contribution in [0.5, 0.6) is 0 Å². The minimum atomic E-state index is 0.884. The average molecular weight is 325 g/mol. The molecule has 0 spiro atoms. The van der Waals surface area contributed by atoms with Crippen molar-refractivity contribution in [2.75, 3.05) is 18.5 Å². The molecule has 0 saturated heterocycles. The Morgan fingerprint density at radius 3 is 2.71 bits per heavy atom. The minimum Gasteiger partial charge on any atom is -0.346 e. The van der Waals surface area contributed by atoms with Crippen LogP contribution in [-0.2, 0) is 19.5 Å². The number of nitrogens with zero attached hydrogens (tertiary/aromatic N) is 3. The summed E-state index contributed by atoms with van der Waals surface area (Å²) < 4.78 is 0. The van der Waals surface area contributed by atoms with Crippen molar-refractivity contribution in [2.24, 2.45) is 0 Å². The first kappa shape index (κ1) is 16.4. The molecule has 0 saturated carbocycles. The number of anilines is 1. The Kier molecular flexibility index (Phi) is 6.14. The van der Waals surface area contributed by atoms with Crippen LogP contribution in [0.25, 0.3) is 0 Å². The Hall–Kier alpha value is -0.980. The Balaban J connectivity index is 2.06. The van der Waals surface area contributed by atoms with E-state index in [2.05, 4.69) is 43.0 Å². The van der Waals surface area contributed by atoms with Gasteiger partial charge < -0.3 is 10.2 Å². The molecule has 0 fully saturated rings. The van der Waals surface area contributed by atoms with Crippen LogP contribution >= 0.6 is 22.7 Å². The Bertz CT molecular complexity index is 562. The number of thiazole rings is 2. The van der Waals surface area contributed by atoms with Crippen molar-refractivity contribution in [3.63, 3.8) is 0 Å². The number of aromatic nitrogens is 2. The zero-order valence-electron chi connectivity index (χ0n) is 13.3. The second-order valence-corrected chi connectivity index (χ2v) is 7.12. The molecule has 6 heteroatoms. The lowest BCUT2D eigenvalue weighted by atomic mass is 10.3. The highest BCUT2D eigenvalue weighted by molar-refractivity contribution is 7.15. The summed E-state index contributed by atoms with van der Waals surface area (Å²) in [4.78, 5) is 14.0. The molecule has 2 aromatic rings. The molecule has 0 bridgehead atoms. The van der Waals surface area contributed by atoms with Crippen LogP contribution in [0, 0.1) is 6.92 Å². The number of rotatable bonds is 8. The number of hydrogen-bond acceptors (Lipinski definition) is 6. The molecule has 0 aliphatic rings. The zero-order chi connectivity index (χ0) is 15.2. The van der Waals surface area contributed by atoms with Crippen molar-refractivity contribution < 1.29 is 0 Å². The molecule has 4 nitrogen and oxygen atoms in total. The van der Waals surface area contributed by atoms with E-state index in [9.17, 15) is 0 Å². The maximum absolute atomic E-state index is 4.81. The van der Waals surface area contributed by atoms with Gasteiger partial charge in [-0.1, -0.05) is 13.8 Å². The topological polar surface area (TPSA) is 41.0 Å². The summed E-state index contributed by atoms with van der Waals surface area (Å²) in [6.45, 7) is 9.31. The molecule has 1 N–H and O–H groups in total. The van der Waals surface area contributed by atoms with Crippen molar-refractivity contribution >= 4 is 27.8 Å². The summed E-state index contributed by atoms with van der Waals surface area (Å²) >= 11 is 3.52. The highest BCUT2D eigenvalue weighted by Crippen LogP contribution is 2.28. The smallest absolute Gasteiger partial charge is 0.185 e. The largest absolute Gasteiger partial charge is 0.346 e. The van der Waals surface area contributed by atoms with Gasteiger partial charge in [0.2, 0.25) is 0 Å². The Morgan fingerprint density at radius 1 is 1.29 bits per heavy atom. The van der Waals surface area contributed by atoms with Crippen molar-refractivity contribution in [1.82, 2.24) is 15.3 Å². The molecule has 0 aromatic carbocycles. The first-order valence-electron chi connectivity index (χ1n) is 7.45. The molecule has 2 aromatic heterocycles. The third-order valence-corrected chi connectivity index (χ3v) is 5.50. The predicted molar refractivity (Wildman–Crippen MR) is 92.4 cm³/mol. The van der Waals surface area contributed by atoms with Crippen molar-refractivity contribution in [2.45, 2.75) is 46.7 Å². The predicted octanol–water partition coefficient (Wildman–Crippen LogP) is 3.61. The van der Waals surface area contributed by atoms with Crippen LogP contribution in [0.2, 0.25) is 0 Å².